The number of hydrogen-bond acceptors (Lipinski definition) is 3. The molecule has 0 N–H and O–H groups in total. The van der Waals surface area contributed by atoms with Gasteiger partial charge >= 0.3 is 6.18 Å². The molecule has 0 aliphatic carbocycles. The highest BCUT2D eigenvalue weighted by Crippen LogP contribution is 2.50. The number of alkyl halides is 3. The van der Waals surface area contributed by atoms with Crippen LogP contribution >= 0.6 is 0 Å². The minimum atomic E-state index is -4.41. The number of epoxide rings is 1. The van der Waals surface area contributed by atoms with E-state index >= 15 is 0 Å². The highest BCUT2D eigenvalue weighted by Gasteiger charge is 2.69. The summed E-state index contributed by atoms with van der Waals surface area (Å²) >= 11 is 0. The van der Waals surface area contributed by atoms with E-state index in [-0.39, 0.29) is 16.2 Å². The normalized spacial score (nSPS) is 23.9. The van der Waals surface area contributed by atoms with Crippen molar-refractivity contribution in [3.63, 3.8) is 0 Å². The highest BCUT2D eigenvalue weighted by molar-refractivity contribution is 7.91. The van der Waals surface area contributed by atoms with Crippen LogP contribution in [0.15, 0.2) is 64.4 Å². The molecule has 1 heterocycles. The first kappa shape index (κ1) is 17.0. The van der Waals surface area contributed by atoms with Crippen molar-refractivity contribution in [2.24, 2.45) is 0 Å². The van der Waals surface area contributed by atoms with Crippen molar-refractivity contribution >= 4 is 9.84 Å². The van der Waals surface area contributed by atoms with Crippen LogP contribution in [0.1, 0.15) is 12.5 Å². The Morgan fingerprint density at radius 1 is 1.00 bits per heavy atom. The second kappa shape index (κ2) is 5.60. The molecular formula is C17H15F3O3S. The van der Waals surface area contributed by atoms with E-state index in [1.165, 1.54) is 36.4 Å². The summed E-state index contributed by atoms with van der Waals surface area (Å²) in [5, 5.41) is 0. The summed E-state index contributed by atoms with van der Waals surface area (Å²) in [5.41, 5.74) is -1.51. The lowest BCUT2D eigenvalue weighted by Crippen LogP contribution is -2.32. The summed E-state index contributed by atoms with van der Waals surface area (Å²) in [5.74, 6) is 0. The van der Waals surface area contributed by atoms with Gasteiger partial charge in [-0.25, -0.2) is 8.42 Å². The molecule has 2 atom stereocenters. The average Bonchev–Trinajstić information content (AvgIpc) is 3.20. The van der Waals surface area contributed by atoms with E-state index in [0.717, 1.165) is 6.92 Å². The zero-order valence-electron chi connectivity index (χ0n) is 12.7. The van der Waals surface area contributed by atoms with Crippen molar-refractivity contribution in [3.8, 4) is 0 Å². The van der Waals surface area contributed by atoms with Gasteiger partial charge in [0, 0.05) is 6.42 Å². The zero-order valence-corrected chi connectivity index (χ0v) is 13.6. The fourth-order valence-corrected chi connectivity index (χ4v) is 3.78. The van der Waals surface area contributed by atoms with Crippen LogP contribution in [0.4, 0.5) is 13.2 Å². The van der Waals surface area contributed by atoms with Crippen LogP contribution in [0.2, 0.25) is 0 Å². The van der Waals surface area contributed by atoms with E-state index in [0.29, 0.717) is 5.56 Å². The van der Waals surface area contributed by atoms with E-state index in [9.17, 15) is 21.6 Å². The third-order valence-corrected chi connectivity index (χ3v) is 6.00. The molecule has 2 aromatic carbocycles. The molecule has 1 fully saturated rings. The number of halogens is 3. The predicted molar refractivity (Wildman–Crippen MR) is 81.4 cm³/mol. The molecule has 2 aromatic rings. The van der Waals surface area contributed by atoms with Gasteiger partial charge in [0.05, 0.1) is 9.79 Å². The molecule has 0 bridgehead atoms. The summed E-state index contributed by atoms with van der Waals surface area (Å²) in [6.07, 6.45) is -5.26. The van der Waals surface area contributed by atoms with Crippen molar-refractivity contribution < 1.29 is 26.3 Å². The standard InChI is InChI=1S/C17H15F3O3S/c1-16(17(18,19)20)15(23-16)11-12-7-9-14(10-8-12)24(21,22)13-5-3-2-4-6-13/h2-10,15H,11H2,1H3/t15?,16-/m0/s1. The van der Waals surface area contributed by atoms with Crippen molar-refractivity contribution in [2.75, 3.05) is 0 Å². The van der Waals surface area contributed by atoms with Gasteiger partial charge in [-0.05, 0) is 36.8 Å². The maximum Gasteiger partial charge on any atom is 0.419 e. The first-order valence-corrected chi connectivity index (χ1v) is 8.76. The van der Waals surface area contributed by atoms with Crippen LogP contribution in [-0.2, 0) is 21.0 Å². The number of hydrogen-bond donors (Lipinski definition) is 0. The Morgan fingerprint density at radius 3 is 2.04 bits per heavy atom. The van der Waals surface area contributed by atoms with E-state index < -0.39 is 27.7 Å². The third kappa shape index (κ3) is 2.93. The van der Waals surface area contributed by atoms with Crippen molar-refractivity contribution in [2.45, 2.75) is 41.0 Å². The maximum absolute atomic E-state index is 12.8. The molecule has 128 valence electrons. The molecule has 0 spiro atoms. The van der Waals surface area contributed by atoms with Crippen LogP contribution in [0.25, 0.3) is 0 Å². The van der Waals surface area contributed by atoms with Gasteiger partial charge < -0.3 is 4.74 Å². The Balaban J connectivity index is 1.76. The summed E-state index contributed by atoms with van der Waals surface area (Å²) in [6.45, 7) is 1.02. The molecule has 1 unspecified atom stereocenters. The fourth-order valence-electron chi connectivity index (χ4n) is 2.50. The summed E-state index contributed by atoms with van der Waals surface area (Å²) in [6, 6.07) is 13.8. The lowest BCUT2D eigenvalue weighted by molar-refractivity contribution is -0.178. The van der Waals surface area contributed by atoms with Crippen molar-refractivity contribution in [1.82, 2.24) is 0 Å². The lowest BCUT2D eigenvalue weighted by Gasteiger charge is -2.11. The van der Waals surface area contributed by atoms with Gasteiger partial charge in [0.25, 0.3) is 0 Å². The largest absolute Gasteiger partial charge is 0.419 e. The SMILES string of the molecule is C[C@]1(C(F)(F)F)OC1Cc1ccc(S(=O)(=O)c2ccccc2)cc1. The molecule has 1 aliphatic heterocycles. The molecule has 3 nitrogen and oxygen atoms in total. The number of rotatable bonds is 4. The Bertz CT molecular complexity index is 830. The molecule has 1 aliphatic rings. The molecule has 3 rings (SSSR count). The molecule has 0 aromatic heterocycles. The third-order valence-electron chi connectivity index (χ3n) is 4.22. The second-order valence-electron chi connectivity index (χ2n) is 5.88. The zero-order chi connectivity index (χ0) is 17.6. The molecule has 24 heavy (non-hydrogen) atoms. The Hall–Kier alpha value is -1.86. The molecular weight excluding hydrogens is 341 g/mol. The van der Waals surface area contributed by atoms with Gasteiger partial charge in [-0.15, -0.1) is 0 Å². The van der Waals surface area contributed by atoms with E-state index in [4.69, 9.17) is 4.74 Å². The van der Waals surface area contributed by atoms with E-state index in [1.54, 1.807) is 18.2 Å². The summed E-state index contributed by atoms with van der Waals surface area (Å²) in [4.78, 5) is 0.278. The lowest BCUT2D eigenvalue weighted by atomic mass is 10.0. The van der Waals surface area contributed by atoms with Gasteiger partial charge in [0.1, 0.15) is 6.10 Å². The number of benzene rings is 2. The minimum absolute atomic E-state index is 0.0850. The van der Waals surface area contributed by atoms with Gasteiger partial charge in [-0.2, -0.15) is 13.2 Å². The average molecular weight is 356 g/mol. The van der Waals surface area contributed by atoms with Crippen LogP contribution in [0, 0.1) is 0 Å². The Labute approximate surface area is 138 Å². The maximum atomic E-state index is 12.8. The number of ether oxygens (including phenoxy) is 1. The molecule has 7 heteroatoms. The smallest absolute Gasteiger partial charge is 0.356 e. The van der Waals surface area contributed by atoms with Crippen molar-refractivity contribution in [1.29, 1.82) is 0 Å². The summed E-state index contributed by atoms with van der Waals surface area (Å²) < 4.78 is 68.0. The number of sulfone groups is 1. The quantitative estimate of drug-likeness (QED) is 0.783. The van der Waals surface area contributed by atoms with Crippen LogP contribution in [0.3, 0.4) is 0 Å². The van der Waals surface area contributed by atoms with Gasteiger partial charge in [0.2, 0.25) is 9.84 Å². The minimum Gasteiger partial charge on any atom is -0.356 e. The van der Waals surface area contributed by atoms with E-state index in [1.807, 2.05) is 0 Å². The summed E-state index contributed by atoms with van der Waals surface area (Å²) in [7, 11) is -3.63. The van der Waals surface area contributed by atoms with Crippen LogP contribution in [0.5, 0.6) is 0 Å². The Kier molecular flexibility index (Phi) is 3.96. The first-order chi connectivity index (χ1) is 11.1. The van der Waals surface area contributed by atoms with Crippen LogP contribution in [-0.4, -0.2) is 26.3 Å². The van der Waals surface area contributed by atoms with Gasteiger partial charge in [-0.1, -0.05) is 30.3 Å². The van der Waals surface area contributed by atoms with Crippen molar-refractivity contribution in [3.05, 3.63) is 60.2 Å². The second-order valence-corrected chi connectivity index (χ2v) is 7.83. The highest BCUT2D eigenvalue weighted by atomic mass is 32.2. The fraction of sp³-hybridized carbons (Fsp3) is 0.294. The topological polar surface area (TPSA) is 46.7 Å². The molecule has 0 saturated carbocycles. The van der Waals surface area contributed by atoms with Gasteiger partial charge in [0.15, 0.2) is 5.60 Å². The molecule has 0 amide bonds. The predicted octanol–water partition coefficient (Wildman–Crippen LogP) is 3.78. The van der Waals surface area contributed by atoms with E-state index in [2.05, 4.69) is 0 Å². The first-order valence-electron chi connectivity index (χ1n) is 7.28. The molecule has 1 saturated heterocycles. The molecule has 0 radical (unpaired) electrons. The van der Waals surface area contributed by atoms with Gasteiger partial charge in [-0.3, -0.25) is 0 Å². The monoisotopic (exact) mass is 356 g/mol. The van der Waals surface area contributed by atoms with Crippen LogP contribution < -0.4 is 0 Å². The Morgan fingerprint density at radius 2 is 1.54 bits per heavy atom.